The van der Waals surface area contributed by atoms with Crippen molar-refractivity contribution in [3.63, 3.8) is 0 Å². The fourth-order valence-corrected chi connectivity index (χ4v) is 6.51. The predicted octanol–water partition coefficient (Wildman–Crippen LogP) is 4.97. The highest BCUT2D eigenvalue weighted by Gasteiger charge is 2.29. The minimum absolute atomic E-state index is 0. The first kappa shape index (κ1) is 33.9. The number of amides is 3. The molecule has 10 nitrogen and oxygen atoms in total. The van der Waals surface area contributed by atoms with E-state index in [9.17, 15) is 19.2 Å². The van der Waals surface area contributed by atoms with Crippen molar-refractivity contribution in [2.45, 2.75) is 70.4 Å². The maximum atomic E-state index is 13.6. The average molecular weight is 659 g/mol. The van der Waals surface area contributed by atoms with Gasteiger partial charge in [-0.2, -0.15) is 0 Å². The zero-order valence-corrected chi connectivity index (χ0v) is 27.4. The molecular formula is C36H43ClN6O4. The van der Waals surface area contributed by atoms with Crippen LogP contribution in [0.4, 0.5) is 5.69 Å². The Balaban J connectivity index is 0.00000433. The van der Waals surface area contributed by atoms with E-state index in [1.807, 2.05) is 49.4 Å². The van der Waals surface area contributed by atoms with Crippen molar-refractivity contribution in [1.82, 2.24) is 20.8 Å². The molecule has 1 aromatic heterocycles. The Hall–Kier alpha value is -4.41. The zero-order chi connectivity index (χ0) is 32.2. The summed E-state index contributed by atoms with van der Waals surface area (Å²) in [4.78, 5) is 51.5. The number of carbonyl (C=O) groups is 3. The summed E-state index contributed by atoms with van der Waals surface area (Å²) in [6.07, 6.45) is 6.90. The lowest BCUT2D eigenvalue weighted by Gasteiger charge is -2.28. The van der Waals surface area contributed by atoms with Crippen LogP contribution in [0.25, 0.3) is 22.0 Å². The summed E-state index contributed by atoms with van der Waals surface area (Å²) in [6, 6.07) is 18.2. The molecule has 4 aromatic rings. The summed E-state index contributed by atoms with van der Waals surface area (Å²) in [6.45, 7) is 2.63. The van der Waals surface area contributed by atoms with Gasteiger partial charge in [-0.1, -0.05) is 30.3 Å². The average Bonchev–Trinajstić information content (AvgIpc) is 3.42. The molecule has 0 bridgehead atoms. The van der Waals surface area contributed by atoms with Crippen molar-refractivity contribution >= 4 is 46.7 Å². The molecule has 47 heavy (non-hydrogen) atoms. The van der Waals surface area contributed by atoms with Crippen molar-refractivity contribution in [2.24, 2.45) is 17.6 Å². The second-order valence-electron chi connectivity index (χ2n) is 12.9. The van der Waals surface area contributed by atoms with E-state index in [4.69, 9.17) is 5.73 Å². The highest BCUT2D eigenvalue weighted by atomic mass is 35.5. The van der Waals surface area contributed by atoms with E-state index in [-0.39, 0.29) is 47.6 Å². The first-order valence-electron chi connectivity index (χ1n) is 16.3. The summed E-state index contributed by atoms with van der Waals surface area (Å²) in [5, 5.41) is 14.9. The summed E-state index contributed by atoms with van der Waals surface area (Å²) in [5.41, 5.74) is 11.3. The molecule has 3 amide bonds. The van der Waals surface area contributed by atoms with Gasteiger partial charge in [-0.25, -0.2) is 0 Å². The van der Waals surface area contributed by atoms with Crippen LogP contribution in [0.2, 0.25) is 0 Å². The third-order valence-electron chi connectivity index (χ3n) is 9.66. The molecule has 6 rings (SSSR count). The van der Waals surface area contributed by atoms with E-state index >= 15 is 0 Å². The molecule has 0 aliphatic heterocycles. The molecule has 2 fully saturated rings. The first-order chi connectivity index (χ1) is 22.3. The molecule has 248 valence electrons. The van der Waals surface area contributed by atoms with Crippen LogP contribution in [0.15, 0.2) is 65.5 Å². The standard InChI is InChI=1S/C36H42N6O4.ClH/c1-21-17-26(34(44)38-27-3-2-4-27)13-15-29(21)24-9-5-22(6-10-24)18-32(40-33(43)25-11-7-23(20-37)8-12-25)36(46)39-28-14-16-30-31(19-28)41-42-35(30)45;/h5-6,9-10,13-17,19,23,25,27,32H,2-4,7-8,11-12,18,20,37H2,1H3,(H,38,44)(H,39,46)(H,40,43)(H2,41,42,45);1H/t23-,25-,32-;/m0./s1. The van der Waals surface area contributed by atoms with Gasteiger partial charge in [0.25, 0.3) is 11.5 Å². The SMILES string of the molecule is Cc1cc(C(=O)NC2CCC2)ccc1-c1ccc(C[C@H](NC(=O)[C@H]2CC[C@H](CN)CC2)C(=O)Nc2ccc3c(=O)[nH][nH]c3c2)cc1.Cl. The molecule has 1 atom stereocenters. The van der Waals surface area contributed by atoms with Gasteiger partial charge in [0.2, 0.25) is 11.8 Å². The molecule has 2 saturated carbocycles. The van der Waals surface area contributed by atoms with Crippen molar-refractivity contribution in [1.29, 1.82) is 0 Å². The molecule has 1 heterocycles. The van der Waals surface area contributed by atoms with Gasteiger partial charge in [0.1, 0.15) is 6.04 Å². The van der Waals surface area contributed by atoms with Crippen molar-refractivity contribution in [3.8, 4) is 11.1 Å². The molecule has 0 saturated heterocycles. The number of benzene rings is 3. The number of aryl methyl sites for hydroxylation is 1. The Morgan fingerprint density at radius 3 is 2.32 bits per heavy atom. The zero-order valence-electron chi connectivity index (χ0n) is 26.6. The number of nitrogens with two attached hydrogens (primary N) is 1. The molecule has 0 unspecified atom stereocenters. The smallest absolute Gasteiger partial charge is 0.271 e. The molecule has 0 spiro atoms. The van der Waals surface area contributed by atoms with Crippen LogP contribution in [-0.2, 0) is 16.0 Å². The van der Waals surface area contributed by atoms with Crippen molar-refractivity contribution in [3.05, 3.63) is 87.7 Å². The number of hydrogen-bond donors (Lipinski definition) is 6. The number of hydrogen-bond acceptors (Lipinski definition) is 5. The Morgan fingerprint density at radius 2 is 1.66 bits per heavy atom. The van der Waals surface area contributed by atoms with Crippen LogP contribution < -0.4 is 27.2 Å². The maximum absolute atomic E-state index is 13.6. The summed E-state index contributed by atoms with van der Waals surface area (Å²) in [7, 11) is 0. The summed E-state index contributed by atoms with van der Waals surface area (Å²) >= 11 is 0. The largest absolute Gasteiger partial charge is 0.349 e. The monoisotopic (exact) mass is 658 g/mol. The number of anilines is 1. The van der Waals surface area contributed by atoms with Crippen molar-refractivity contribution in [2.75, 3.05) is 11.9 Å². The highest BCUT2D eigenvalue weighted by molar-refractivity contribution is 5.99. The van der Waals surface area contributed by atoms with E-state index in [0.29, 0.717) is 41.0 Å². The topological polar surface area (TPSA) is 162 Å². The number of fused-ring (bicyclic) bond motifs is 1. The number of H-pyrrole nitrogens is 2. The van der Waals surface area contributed by atoms with Gasteiger partial charge in [-0.05, 0) is 117 Å². The van der Waals surface area contributed by atoms with E-state index in [1.54, 1.807) is 18.2 Å². The Bertz CT molecular complexity index is 1790. The fourth-order valence-electron chi connectivity index (χ4n) is 6.51. The molecule has 7 N–H and O–H groups in total. The fraction of sp³-hybridized carbons (Fsp3) is 0.389. The Kier molecular flexibility index (Phi) is 10.8. The number of aromatic amines is 2. The quantitative estimate of drug-likeness (QED) is 0.142. The van der Waals surface area contributed by atoms with Crippen LogP contribution in [0.5, 0.6) is 0 Å². The van der Waals surface area contributed by atoms with Gasteiger partial charge in [0.15, 0.2) is 0 Å². The van der Waals surface area contributed by atoms with Gasteiger partial charge in [0.05, 0.1) is 10.9 Å². The second kappa shape index (κ2) is 15.0. The normalized spacial score (nSPS) is 18.4. The van der Waals surface area contributed by atoms with E-state index in [1.165, 1.54) is 6.42 Å². The van der Waals surface area contributed by atoms with E-state index < -0.39 is 6.04 Å². The van der Waals surface area contributed by atoms with Crippen LogP contribution in [0.1, 0.15) is 66.4 Å². The first-order valence-corrected chi connectivity index (χ1v) is 16.3. The number of halogens is 1. The lowest BCUT2D eigenvalue weighted by molar-refractivity contribution is -0.130. The number of carbonyl (C=O) groups excluding carboxylic acids is 3. The molecular weight excluding hydrogens is 616 g/mol. The summed E-state index contributed by atoms with van der Waals surface area (Å²) < 4.78 is 0. The van der Waals surface area contributed by atoms with Gasteiger partial charge >= 0.3 is 0 Å². The minimum atomic E-state index is -0.804. The highest BCUT2D eigenvalue weighted by Crippen LogP contribution is 2.29. The lowest BCUT2D eigenvalue weighted by atomic mass is 9.81. The number of rotatable bonds is 10. The third kappa shape index (κ3) is 7.94. The van der Waals surface area contributed by atoms with E-state index in [2.05, 4.69) is 26.1 Å². The molecule has 0 radical (unpaired) electrons. The van der Waals surface area contributed by atoms with Gasteiger partial charge in [-0.15, -0.1) is 12.4 Å². The lowest BCUT2D eigenvalue weighted by Crippen LogP contribution is -2.48. The molecule has 11 heteroatoms. The second-order valence-corrected chi connectivity index (χ2v) is 12.9. The third-order valence-corrected chi connectivity index (χ3v) is 9.66. The summed E-state index contributed by atoms with van der Waals surface area (Å²) in [5.74, 6) is -0.189. The van der Waals surface area contributed by atoms with Crippen LogP contribution >= 0.6 is 12.4 Å². The van der Waals surface area contributed by atoms with Gasteiger partial charge < -0.3 is 21.7 Å². The number of nitrogens with one attached hydrogen (secondary N) is 5. The Labute approximate surface area is 280 Å². The van der Waals surface area contributed by atoms with Crippen LogP contribution in [0.3, 0.4) is 0 Å². The molecule has 2 aliphatic rings. The maximum Gasteiger partial charge on any atom is 0.271 e. The number of aromatic nitrogens is 2. The van der Waals surface area contributed by atoms with Gasteiger partial charge in [0, 0.05) is 29.6 Å². The predicted molar refractivity (Wildman–Crippen MR) is 187 cm³/mol. The van der Waals surface area contributed by atoms with E-state index in [0.717, 1.165) is 60.8 Å². The minimum Gasteiger partial charge on any atom is -0.349 e. The van der Waals surface area contributed by atoms with Crippen molar-refractivity contribution < 1.29 is 14.4 Å². The van der Waals surface area contributed by atoms with Gasteiger partial charge in [-0.3, -0.25) is 29.4 Å². The Morgan fingerprint density at radius 1 is 0.915 bits per heavy atom. The van der Waals surface area contributed by atoms with Crippen LogP contribution in [0, 0.1) is 18.8 Å². The molecule has 2 aliphatic carbocycles. The van der Waals surface area contributed by atoms with Crippen LogP contribution in [-0.4, -0.2) is 46.5 Å². The molecule has 3 aromatic carbocycles.